The fraction of sp³-hybridized carbons (Fsp3) is 0.600. The van der Waals surface area contributed by atoms with E-state index in [1.807, 2.05) is 0 Å². The van der Waals surface area contributed by atoms with Crippen LogP contribution in [0.15, 0.2) is 18.2 Å². The normalized spacial score (nSPS) is 27.2. The van der Waals surface area contributed by atoms with E-state index in [1.54, 1.807) is 6.07 Å². The Morgan fingerprint density at radius 2 is 2.06 bits per heavy atom. The summed E-state index contributed by atoms with van der Waals surface area (Å²) in [5.41, 5.74) is 0.100. The van der Waals surface area contributed by atoms with Crippen LogP contribution < -0.4 is 0 Å². The highest BCUT2D eigenvalue weighted by atomic mass is 35.5. The quantitative estimate of drug-likeness (QED) is 0.847. The van der Waals surface area contributed by atoms with Gasteiger partial charge in [0.1, 0.15) is 5.82 Å². The highest BCUT2D eigenvalue weighted by Gasteiger charge is 2.38. The third-order valence-corrected chi connectivity index (χ3v) is 4.20. The summed E-state index contributed by atoms with van der Waals surface area (Å²) in [5.74, 6) is -0.298. The Morgan fingerprint density at radius 3 is 2.72 bits per heavy atom. The highest BCUT2D eigenvalue weighted by molar-refractivity contribution is 6.31. The average molecular weight is 271 g/mol. The highest BCUT2D eigenvalue weighted by Crippen LogP contribution is 2.43. The number of halogens is 2. The molecule has 0 aliphatic heterocycles. The zero-order chi connectivity index (χ0) is 13.4. The molecule has 0 spiro atoms. The van der Waals surface area contributed by atoms with Gasteiger partial charge in [-0.25, -0.2) is 4.39 Å². The number of benzene rings is 1. The summed E-state index contributed by atoms with van der Waals surface area (Å²) >= 11 is 6.07. The van der Waals surface area contributed by atoms with Gasteiger partial charge in [0.25, 0.3) is 0 Å². The minimum Gasteiger partial charge on any atom is -0.390 e. The summed E-state index contributed by atoms with van der Waals surface area (Å²) in [6, 6.07) is 4.34. The zero-order valence-corrected chi connectivity index (χ0v) is 11.7. The van der Waals surface area contributed by atoms with Crippen molar-refractivity contribution in [2.45, 2.75) is 51.6 Å². The van der Waals surface area contributed by atoms with Gasteiger partial charge in [-0.2, -0.15) is 0 Å². The van der Waals surface area contributed by atoms with Gasteiger partial charge in [0.2, 0.25) is 0 Å². The molecule has 0 amide bonds. The van der Waals surface area contributed by atoms with E-state index < -0.39 is 5.60 Å². The van der Waals surface area contributed by atoms with Crippen molar-refractivity contribution in [1.82, 2.24) is 0 Å². The molecule has 0 heterocycles. The van der Waals surface area contributed by atoms with Crippen LogP contribution in [-0.2, 0) is 6.42 Å². The molecule has 1 N–H and O–H groups in total. The van der Waals surface area contributed by atoms with Gasteiger partial charge in [-0.3, -0.25) is 0 Å². The Hall–Kier alpha value is -0.600. The lowest BCUT2D eigenvalue weighted by Crippen LogP contribution is -2.40. The molecule has 1 nitrogen and oxygen atoms in total. The van der Waals surface area contributed by atoms with Gasteiger partial charge >= 0.3 is 0 Å². The Bertz CT molecular complexity index is 444. The summed E-state index contributed by atoms with van der Waals surface area (Å²) in [6.07, 6.45) is 4.09. The fourth-order valence-corrected chi connectivity index (χ4v) is 3.33. The predicted molar refractivity (Wildman–Crippen MR) is 72.3 cm³/mol. The third kappa shape index (κ3) is 3.24. The van der Waals surface area contributed by atoms with E-state index in [0.29, 0.717) is 17.0 Å². The number of hydrogen-bond acceptors (Lipinski definition) is 1. The van der Waals surface area contributed by atoms with Gasteiger partial charge in [0.05, 0.1) is 5.60 Å². The molecule has 1 atom stereocenters. The maximum atomic E-state index is 13.2. The SMILES string of the molecule is CC1(C)CCCC(O)(Cc2cc(F)ccc2Cl)C1. The smallest absolute Gasteiger partial charge is 0.123 e. The van der Waals surface area contributed by atoms with E-state index in [0.717, 1.165) is 25.7 Å². The standard InChI is InChI=1S/C15H20ClFO/c1-14(2)6-3-7-15(18,10-14)9-11-8-12(17)4-5-13(11)16/h4-5,8,18H,3,6-7,9-10H2,1-2H3. The molecule has 0 radical (unpaired) electrons. The van der Waals surface area contributed by atoms with Crippen molar-refractivity contribution in [3.8, 4) is 0 Å². The van der Waals surface area contributed by atoms with Crippen LogP contribution in [0.1, 0.15) is 45.1 Å². The molecule has 18 heavy (non-hydrogen) atoms. The second kappa shape index (κ2) is 4.82. The Morgan fingerprint density at radius 1 is 1.33 bits per heavy atom. The van der Waals surface area contributed by atoms with Crippen molar-refractivity contribution < 1.29 is 9.50 Å². The van der Waals surface area contributed by atoms with Gasteiger partial charge in [0, 0.05) is 11.4 Å². The maximum Gasteiger partial charge on any atom is 0.123 e. The van der Waals surface area contributed by atoms with Gasteiger partial charge in [-0.15, -0.1) is 0 Å². The number of hydrogen-bond donors (Lipinski definition) is 1. The van der Waals surface area contributed by atoms with E-state index in [-0.39, 0.29) is 11.2 Å². The Labute approximate surface area is 113 Å². The van der Waals surface area contributed by atoms with Crippen molar-refractivity contribution in [1.29, 1.82) is 0 Å². The first-order chi connectivity index (χ1) is 8.30. The van der Waals surface area contributed by atoms with Crippen molar-refractivity contribution in [3.05, 3.63) is 34.6 Å². The minimum absolute atomic E-state index is 0.146. The first-order valence-electron chi connectivity index (χ1n) is 6.46. The minimum atomic E-state index is -0.751. The molecule has 100 valence electrons. The fourth-order valence-electron chi connectivity index (χ4n) is 3.15. The third-order valence-electron chi connectivity index (χ3n) is 3.83. The first-order valence-corrected chi connectivity index (χ1v) is 6.84. The lowest BCUT2D eigenvalue weighted by Gasteiger charge is -2.41. The molecule has 1 aliphatic carbocycles. The summed E-state index contributed by atoms with van der Waals surface area (Å²) < 4.78 is 13.2. The lowest BCUT2D eigenvalue weighted by molar-refractivity contribution is -0.0382. The van der Waals surface area contributed by atoms with Crippen LogP contribution in [0.4, 0.5) is 4.39 Å². The molecule has 1 saturated carbocycles. The maximum absolute atomic E-state index is 13.2. The number of rotatable bonds is 2. The summed E-state index contributed by atoms with van der Waals surface area (Å²) in [7, 11) is 0. The van der Waals surface area contributed by atoms with Crippen LogP contribution in [0, 0.1) is 11.2 Å². The van der Waals surface area contributed by atoms with E-state index in [9.17, 15) is 9.50 Å². The molecule has 1 aliphatic rings. The summed E-state index contributed by atoms with van der Waals surface area (Å²) in [6.45, 7) is 4.34. The van der Waals surface area contributed by atoms with E-state index >= 15 is 0 Å². The number of aliphatic hydroxyl groups is 1. The van der Waals surface area contributed by atoms with Crippen molar-refractivity contribution in [3.63, 3.8) is 0 Å². The second-order valence-corrected chi connectivity index (χ2v) is 6.74. The van der Waals surface area contributed by atoms with E-state index in [1.165, 1.54) is 12.1 Å². The molecule has 1 aromatic rings. The van der Waals surface area contributed by atoms with Crippen LogP contribution >= 0.6 is 11.6 Å². The molecule has 1 fully saturated rings. The van der Waals surface area contributed by atoms with E-state index in [4.69, 9.17) is 11.6 Å². The summed E-state index contributed by atoms with van der Waals surface area (Å²) in [4.78, 5) is 0. The molecule has 1 unspecified atom stereocenters. The molecule has 3 heteroatoms. The largest absolute Gasteiger partial charge is 0.390 e. The molecule has 0 aromatic heterocycles. The van der Waals surface area contributed by atoms with Crippen molar-refractivity contribution >= 4 is 11.6 Å². The van der Waals surface area contributed by atoms with Crippen LogP contribution in [0.25, 0.3) is 0 Å². The van der Waals surface area contributed by atoms with Gasteiger partial charge in [-0.1, -0.05) is 31.9 Å². The Kier molecular flexibility index (Phi) is 3.70. The summed E-state index contributed by atoms with van der Waals surface area (Å²) in [5, 5.41) is 11.2. The molecular weight excluding hydrogens is 251 g/mol. The Balaban J connectivity index is 2.19. The average Bonchev–Trinajstić information content (AvgIpc) is 2.21. The molecule has 1 aromatic carbocycles. The van der Waals surface area contributed by atoms with Gasteiger partial charge in [-0.05, 0) is 48.4 Å². The van der Waals surface area contributed by atoms with Gasteiger partial charge in [0.15, 0.2) is 0 Å². The predicted octanol–water partition coefficient (Wildman–Crippen LogP) is 4.35. The molecule has 0 saturated heterocycles. The first kappa shape index (κ1) is 13.8. The molecule has 2 rings (SSSR count). The van der Waals surface area contributed by atoms with Gasteiger partial charge < -0.3 is 5.11 Å². The second-order valence-electron chi connectivity index (χ2n) is 6.33. The monoisotopic (exact) mass is 270 g/mol. The van der Waals surface area contributed by atoms with Crippen molar-refractivity contribution in [2.75, 3.05) is 0 Å². The van der Waals surface area contributed by atoms with Crippen molar-refractivity contribution in [2.24, 2.45) is 5.41 Å². The lowest BCUT2D eigenvalue weighted by atomic mass is 9.68. The van der Waals surface area contributed by atoms with Crippen LogP contribution in [0.2, 0.25) is 5.02 Å². The zero-order valence-electron chi connectivity index (χ0n) is 11.0. The van der Waals surface area contributed by atoms with Crippen LogP contribution in [0.5, 0.6) is 0 Å². The van der Waals surface area contributed by atoms with E-state index in [2.05, 4.69) is 13.8 Å². The van der Waals surface area contributed by atoms with Crippen LogP contribution in [-0.4, -0.2) is 10.7 Å². The topological polar surface area (TPSA) is 20.2 Å². The van der Waals surface area contributed by atoms with Crippen LogP contribution in [0.3, 0.4) is 0 Å². The molecule has 0 bridgehead atoms. The molecular formula is C15H20ClFO.